The van der Waals surface area contributed by atoms with Crippen molar-refractivity contribution in [3.05, 3.63) is 91.2 Å². The Balaban J connectivity index is 2.07. The van der Waals surface area contributed by atoms with Gasteiger partial charge in [0.2, 0.25) is 0 Å². The number of non-ortho nitro benzene ring substituents is 2. The van der Waals surface area contributed by atoms with Crippen LogP contribution in [0.4, 0.5) is 11.4 Å². The van der Waals surface area contributed by atoms with Crippen molar-refractivity contribution in [2.45, 2.75) is 19.1 Å². The Morgan fingerprint density at radius 1 is 1.00 bits per heavy atom. The lowest BCUT2D eigenvalue weighted by atomic mass is 9.93. The predicted molar refractivity (Wildman–Crippen MR) is 103 cm³/mol. The highest BCUT2D eigenvalue weighted by Gasteiger charge is 2.34. The van der Waals surface area contributed by atoms with E-state index in [4.69, 9.17) is 4.74 Å². The molecule has 0 aliphatic carbocycles. The van der Waals surface area contributed by atoms with Crippen LogP contribution in [0.25, 0.3) is 0 Å². The van der Waals surface area contributed by atoms with Crippen molar-refractivity contribution < 1.29 is 19.4 Å². The minimum absolute atomic E-state index is 0.0709. The summed E-state index contributed by atoms with van der Waals surface area (Å²) in [6, 6.07) is 11.3. The standard InChI is InChI=1S/C19H18N4O6/c1-11-16(19(24)29-2)17(12-5-3-7-14(9-12)22(25)26)21-18(20-11)13-6-4-8-15(10-13)23(27)28/h3-10,17-18,20-21H,1-2H3/t17-,18+/m1/s1. The number of nitrogens with one attached hydrogen (secondary N) is 2. The molecule has 2 N–H and O–H groups in total. The number of allylic oxidation sites excluding steroid dienone is 1. The largest absolute Gasteiger partial charge is 0.466 e. The van der Waals surface area contributed by atoms with Crippen LogP contribution in [-0.4, -0.2) is 22.9 Å². The van der Waals surface area contributed by atoms with Gasteiger partial charge in [-0.05, 0) is 18.1 Å². The molecule has 0 amide bonds. The molecule has 0 saturated heterocycles. The highest BCUT2D eigenvalue weighted by molar-refractivity contribution is 5.91. The summed E-state index contributed by atoms with van der Waals surface area (Å²) in [5.41, 5.74) is 1.67. The fourth-order valence-corrected chi connectivity index (χ4v) is 3.26. The van der Waals surface area contributed by atoms with Crippen molar-refractivity contribution >= 4 is 17.3 Å². The first-order valence-electron chi connectivity index (χ1n) is 8.62. The number of nitro groups is 2. The maximum absolute atomic E-state index is 12.4. The molecule has 2 atom stereocenters. The minimum Gasteiger partial charge on any atom is -0.466 e. The number of carbonyl (C=O) groups excluding carboxylic acids is 1. The maximum atomic E-state index is 12.4. The summed E-state index contributed by atoms with van der Waals surface area (Å²) < 4.78 is 4.88. The molecule has 0 spiro atoms. The van der Waals surface area contributed by atoms with E-state index >= 15 is 0 Å². The molecule has 0 fully saturated rings. The lowest BCUT2D eigenvalue weighted by Crippen LogP contribution is -2.44. The molecule has 10 nitrogen and oxygen atoms in total. The average Bonchev–Trinajstić information content (AvgIpc) is 2.72. The van der Waals surface area contributed by atoms with Crippen molar-refractivity contribution in [2.24, 2.45) is 0 Å². The minimum atomic E-state index is -0.715. The van der Waals surface area contributed by atoms with Gasteiger partial charge in [-0.25, -0.2) is 4.79 Å². The quantitative estimate of drug-likeness (QED) is 0.446. The number of methoxy groups -OCH3 is 1. The molecular formula is C19H18N4O6. The van der Waals surface area contributed by atoms with Gasteiger partial charge in [-0.15, -0.1) is 0 Å². The first kappa shape index (κ1) is 20.0. The van der Waals surface area contributed by atoms with E-state index in [1.54, 1.807) is 25.1 Å². The molecule has 150 valence electrons. The zero-order chi connectivity index (χ0) is 21.1. The molecule has 1 aliphatic rings. The number of rotatable bonds is 5. The first-order chi connectivity index (χ1) is 13.8. The Bertz CT molecular complexity index is 1020. The number of carbonyl (C=O) groups is 1. The summed E-state index contributed by atoms with van der Waals surface area (Å²) in [4.78, 5) is 33.6. The van der Waals surface area contributed by atoms with Crippen molar-refractivity contribution in [2.75, 3.05) is 7.11 Å². The summed E-state index contributed by atoms with van der Waals surface area (Å²) >= 11 is 0. The number of esters is 1. The summed E-state index contributed by atoms with van der Waals surface area (Å²) in [5.74, 6) is -0.587. The fraction of sp³-hybridized carbons (Fsp3) is 0.211. The number of nitrogens with zero attached hydrogens (tertiary/aromatic N) is 2. The summed E-state index contributed by atoms with van der Waals surface area (Å²) in [6.07, 6.45) is -0.562. The Morgan fingerprint density at radius 2 is 1.55 bits per heavy atom. The van der Waals surface area contributed by atoms with Crippen molar-refractivity contribution in [1.29, 1.82) is 0 Å². The van der Waals surface area contributed by atoms with Crippen molar-refractivity contribution in [3.63, 3.8) is 0 Å². The summed E-state index contributed by atoms with van der Waals surface area (Å²) in [6.45, 7) is 1.68. The van der Waals surface area contributed by atoms with Gasteiger partial charge in [-0.2, -0.15) is 0 Å². The Morgan fingerprint density at radius 3 is 2.10 bits per heavy atom. The van der Waals surface area contributed by atoms with Crippen LogP contribution >= 0.6 is 0 Å². The van der Waals surface area contributed by atoms with Gasteiger partial charge in [0.25, 0.3) is 11.4 Å². The van der Waals surface area contributed by atoms with Gasteiger partial charge in [-0.1, -0.05) is 24.3 Å². The van der Waals surface area contributed by atoms with Gasteiger partial charge in [0.1, 0.15) is 6.17 Å². The summed E-state index contributed by atoms with van der Waals surface area (Å²) in [7, 11) is 1.25. The Kier molecular flexibility index (Phi) is 5.55. The SMILES string of the molecule is COC(=O)C1=C(C)N[C@H](c2cccc([N+](=O)[O-])c2)N[C@@H]1c1cccc([N+](=O)[O-])c1. The number of ether oxygens (including phenoxy) is 1. The Hall–Kier alpha value is -3.79. The van der Waals surface area contributed by atoms with Crippen LogP contribution in [0.15, 0.2) is 59.8 Å². The van der Waals surface area contributed by atoms with Gasteiger partial charge in [0.05, 0.1) is 28.6 Å². The van der Waals surface area contributed by atoms with Crippen LogP contribution < -0.4 is 10.6 Å². The second kappa shape index (κ2) is 8.07. The van der Waals surface area contributed by atoms with Gasteiger partial charge >= 0.3 is 5.97 Å². The number of nitro benzene ring substituents is 2. The summed E-state index contributed by atoms with van der Waals surface area (Å²) in [5, 5.41) is 28.6. The van der Waals surface area contributed by atoms with Crippen LogP contribution in [-0.2, 0) is 9.53 Å². The third-order valence-corrected chi connectivity index (χ3v) is 4.62. The first-order valence-corrected chi connectivity index (χ1v) is 8.62. The van der Waals surface area contributed by atoms with E-state index in [0.717, 1.165) is 0 Å². The van der Waals surface area contributed by atoms with E-state index < -0.39 is 28.0 Å². The smallest absolute Gasteiger partial charge is 0.337 e. The lowest BCUT2D eigenvalue weighted by molar-refractivity contribution is -0.385. The van der Waals surface area contributed by atoms with Crippen LogP contribution in [0.1, 0.15) is 30.3 Å². The zero-order valence-corrected chi connectivity index (χ0v) is 15.6. The van der Waals surface area contributed by atoms with E-state index in [1.165, 1.54) is 37.4 Å². The van der Waals surface area contributed by atoms with Crippen molar-refractivity contribution in [3.8, 4) is 0 Å². The molecule has 1 heterocycles. The molecule has 0 bridgehead atoms. The predicted octanol–water partition coefficient (Wildman–Crippen LogP) is 2.88. The normalized spacial score (nSPS) is 18.7. The lowest BCUT2D eigenvalue weighted by Gasteiger charge is -2.35. The molecule has 10 heteroatoms. The number of hydrogen-bond donors (Lipinski definition) is 2. The van der Waals surface area contributed by atoms with Crippen LogP contribution in [0.5, 0.6) is 0 Å². The second-order valence-electron chi connectivity index (χ2n) is 6.41. The van der Waals surface area contributed by atoms with E-state index in [1.807, 2.05) is 0 Å². The van der Waals surface area contributed by atoms with E-state index in [0.29, 0.717) is 16.8 Å². The maximum Gasteiger partial charge on any atom is 0.337 e. The number of hydrogen-bond acceptors (Lipinski definition) is 8. The molecule has 0 unspecified atom stereocenters. The third kappa shape index (κ3) is 4.06. The van der Waals surface area contributed by atoms with E-state index in [-0.39, 0.29) is 16.9 Å². The molecule has 29 heavy (non-hydrogen) atoms. The monoisotopic (exact) mass is 398 g/mol. The highest BCUT2D eigenvalue weighted by atomic mass is 16.6. The number of benzene rings is 2. The van der Waals surface area contributed by atoms with Crippen molar-refractivity contribution in [1.82, 2.24) is 10.6 Å². The highest BCUT2D eigenvalue weighted by Crippen LogP contribution is 2.34. The Labute approximate surface area is 165 Å². The van der Waals surface area contributed by atoms with Crippen LogP contribution in [0.3, 0.4) is 0 Å². The zero-order valence-electron chi connectivity index (χ0n) is 15.6. The van der Waals surface area contributed by atoms with Gasteiger partial charge < -0.3 is 10.1 Å². The molecule has 2 aromatic carbocycles. The van der Waals surface area contributed by atoms with Crippen LogP contribution in [0, 0.1) is 20.2 Å². The molecule has 3 rings (SSSR count). The molecule has 2 aromatic rings. The van der Waals surface area contributed by atoms with Gasteiger partial charge in [0, 0.05) is 30.0 Å². The molecule has 0 radical (unpaired) electrons. The molecule has 1 aliphatic heterocycles. The molecular weight excluding hydrogens is 380 g/mol. The fourth-order valence-electron chi connectivity index (χ4n) is 3.26. The molecule has 0 aromatic heterocycles. The van der Waals surface area contributed by atoms with E-state index in [9.17, 15) is 25.0 Å². The molecule has 0 saturated carbocycles. The van der Waals surface area contributed by atoms with Gasteiger partial charge in [0.15, 0.2) is 0 Å². The third-order valence-electron chi connectivity index (χ3n) is 4.62. The van der Waals surface area contributed by atoms with E-state index in [2.05, 4.69) is 10.6 Å². The second-order valence-corrected chi connectivity index (χ2v) is 6.41. The van der Waals surface area contributed by atoms with Crippen LogP contribution in [0.2, 0.25) is 0 Å². The average molecular weight is 398 g/mol. The topological polar surface area (TPSA) is 137 Å². The van der Waals surface area contributed by atoms with Gasteiger partial charge in [-0.3, -0.25) is 25.5 Å².